The molecule has 2 aromatic rings. The molecule has 0 fully saturated rings. The van der Waals surface area contributed by atoms with Crippen molar-refractivity contribution in [2.24, 2.45) is 5.73 Å². The van der Waals surface area contributed by atoms with Crippen LogP contribution >= 0.6 is 0 Å². The van der Waals surface area contributed by atoms with Gasteiger partial charge in [0.15, 0.2) is 0 Å². The molecule has 0 unspecified atom stereocenters. The first-order valence-electron chi connectivity index (χ1n) is 7.63. The van der Waals surface area contributed by atoms with Gasteiger partial charge in [-0.15, -0.1) is 0 Å². The van der Waals surface area contributed by atoms with E-state index in [1.165, 1.54) is 24.0 Å². The van der Waals surface area contributed by atoms with Crippen molar-refractivity contribution in [1.29, 1.82) is 0 Å². The third-order valence-electron chi connectivity index (χ3n) is 4.37. The van der Waals surface area contributed by atoms with E-state index >= 15 is 0 Å². The summed E-state index contributed by atoms with van der Waals surface area (Å²) in [5, 5.41) is 0. The normalized spacial score (nSPS) is 26.2. The predicted octanol–water partition coefficient (Wildman–Crippen LogP) is 4.22. The van der Waals surface area contributed by atoms with Crippen LogP contribution in [-0.4, -0.2) is 4.98 Å². The Hall–Kier alpha value is -1.87. The largest absolute Gasteiger partial charge is 0.469 e. The van der Waals surface area contributed by atoms with Crippen molar-refractivity contribution < 1.29 is 4.42 Å². The van der Waals surface area contributed by atoms with Gasteiger partial charge < -0.3 is 10.2 Å². The molecule has 2 heterocycles. The van der Waals surface area contributed by atoms with Gasteiger partial charge in [0.25, 0.3) is 0 Å². The van der Waals surface area contributed by atoms with Crippen LogP contribution in [0, 0.1) is 0 Å². The zero-order valence-corrected chi connectivity index (χ0v) is 12.7. The van der Waals surface area contributed by atoms with E-state index < -0.39 is 5.54 Å². The zero-order chi connectivity index (χ0) is 14.9. The number of allylic oxidation sites excluding steroid dienone is 1. The lowest BCUT2D eigenvalue weighted by atomic mass is 9.83. The van der Waals surface area contributed by atoms with Gasteiger partial charge in [0.05, 0.1) is 17.7 Å². The molecule has 2 N–H and O–H groups in total. The predicted molar refractivity (Wildman–Crippen MR) is 84.7 cm³/mol. The first kappa shape index (κ1) is 14.1. The molecule has 1 aliphatic carbocycles. The van der Waals surface area contributed by atoms with Crippen LogP contribution in [0.3, 0.4) is 0 Å². The second-order valence-corrected chi connectivity index (χ2v) is 5.95. The van der Waals surface area contributed by atoms with Gasteiger partial charge in [0, 0.05) is 18.0 Å². The number of unbranched alkanes of at least 4 members (excludes halogenated alkanes) is 2. The van der Waals surface area contributed by atoms with Crippen molar-refractivity contribution in [2.45, 2.75) is 44.6 Å². The smallest absolute Gasteiger partial charge is 0.113 e. The molecule has 3 nitrogen and oxygen atoms in total. The molecule has 0 aliphatic heterocycles. The van der Waals surface area contributed by atoms with Crippen molar-refractivity contribution in [1.82, 2.24) is 4.98 Å². The average Bonchev–Trinajstić information content (AvgIpc) is 3.06. The van der Waals surface area contributed by atoms with E-state index in [2.05, 4.69) is 24.9 Å². The van der Waals surface area contributed by atoms with Crippen molar-refractivity contribution in [3.8, 4) is 0 Å². The zero-order valence-electron chi connectivity index (χ0n) is 12.7. The minimum absolute atomic E-state index is 0.0588. The molecule has 21 heavy (non-hydrogen) atoms. The molecule has 0 bridgehead atoms. The number of nitrogens with two attached hydrogens (primary N) is 1. The molecule has 0 spiro atoms. The summed E-state index contributed by atoms with van der Waals surface area (Å²) < 4.78 is 5.68. The Morgan fingerprint density at radius 1 is 1.43 bits per heavy atom. The van der Waals surface area contributed by atoms with Gasteiger partial charge in [-0.3, -0.25) is 4.98 Å². The summed E-state index contributed by atoms with van der Waals surface area (Å²) in [5.41, 5.74) is 9.80. The lowest BCUT2D eigenvalue weighted by Crippen LogP contribution is -2.36. The van der Waals surface area contributed by atoms with E-state index in [9.17, 15) is 0 Å². The molecule has 0 radical (unpaired) electrons. The maximum atomic E-state index is 6.69. The summed E-state index contributed by atoms with van der Waals surface area (Å²) in [7, 11) is 0. The number of hydrogen-bond acceptors (Lipinski definition) is 3. The lowest BCUT2D eigenvalue weighted by molar-refractivity contribution is 0.396. The Kier molecular flexibility index (Phi) is 3.68. The van der Waals surface area contributed by atoms with Crippen LogP contribution in [0.25, 0.3) is 5.57 Å². The highest BCUT2D eigenvalue weighted by Gasteiger charge is 2.45. The van der Waals surface area contributed by atoms with Crippen LogP contribution in [0.4, 0.5) is 0 Å². The maximum absolute atomic E-state index is 6.69. The van der Waals surface area contributed by atoms with Crippen LogP contribution < -0.4 is 5.73 Å². The minimum atomic E-state index is -0.464. The van der Waals surface area contributed by atoms with Crippen LogP contribution in [-0.2, 0) is 5.54 Å². The van der Waals surface area contributed by atoms with Crippen molar-refractivity contribution in [3.05, 3.63) is 59.8 Å². The third-order valence-corrected chi connectivity index (χ3v) is 4.37. The first-order chi connectivity index (χ1) is 10.2. The van der Waals surface area contributed by atoms with Gasteiger partial charge in [-0.2, -0.15) is 0 Å². The maximum Gasteiger partial charge on any atom is 0.113 e. The van der Waals surface area contributed by atoms with Gasteiger partial charge in [0.1, 0.15) is 5.76 Å². The Bertz CT molecular complexity index is 641. The lowest BCUT2D eigenvalue weighted by Gasteiger charge is -2.27. The molecule has 2 atom stereocenters. The van der Waals surface area contributed by atoms with Crippen molar-refractivity contribution >= 4 is 5.57 Å². The summed E-state index contributed by atoms with van der Waals surface area (Å²) in [4.78, 5) is 4.29. The van der Waals surface area contributed by atoms with Crippen LogP contribution in [0.15, 0.2) is 47.3 Å². The highest BCUT2D eigenvalue weighted by molar-refractivity contribution is 5.80. The molecule has 0 amide bonds. The van der Waals surface area contributed by atoms with E-state index in [1.54, 1.807) is 6.26 Å². The van der Waals surface area contributed by atoms with Gasteiger partial charge in [0.2, 0.25) is 0 Å². The van der Waals surface area contributed by atoms with E-state index in [0.717, 1.165) is 17.7 Å². The SMILES string of the molecule is CCCC/C=C1\c2cnccc2[C@](C)(N)[C@@H]1c1ccco1. The number of hydrogen-bond donors (Lipinski definition) is 1. The Balaban J connectivity index is 2.11. The topological polar surface area (TPSA) is 52.0 Å². The van der Waals surface area contributed by atoms with E-state index in [-0.39, 0.29) is 5.92 Å². The highest BCUT2D eigenvalue weighted by Crippen LogP contribution is 2.52. The quantitative estimate of drug-likeness (QED) is 0.854. The van der Waals surface area contributed by atoms with E-state index in [0.29, 0.717) is 0 Å². The fourth-order valence-corrected chi connectivity index (χ4v) is 3.32. The number of rotatable bonds is 4. The summed E-state index contributed by atoms with van der Waals surface area (Å²) in [6, 6.07) is 5.98. The summed E-state index contributed by atoms with van der Waals surface area (Å²) in [5.74, 6) is 0.988. The van der Waals surface area contributed by atoms with Crippen LogP contribution in [0.5, 0.6) is 0 Å². The number of fused-ring (bicyclic) bond motifs is 1. The van der Waals surface area contributed by atoms with Crippen LogP contribution in [0.2, 0.25) is 0 Å². The molecule has 0 aromatic carbocycles. The van der Waals surface area contributed by atoms with E-state index in [1.807, 2.05) is 30.6 Å². The Morgan fingerprint density at radius 2 is 2.29 bits per heavy atom. The van der Waals surface area contributed by atoms with Gasteiger partial charge in [-0.25, -0.2) is 0 Å². The summed E-state index contributed by atoms with van der Waals surface area (Å²) in [6.07, 6.45) is 11.2. The standard InChI is InChI=1S/C18H22N2O/c1-3-4-5-7-13-14-12-20-10-9-15(14)18(2,19)17(13)16-8-6-11-21-16/h6-12,17H,3-5,19H2,1-2H3/b13-7+/t17-,18-/m0/s1. The Labute approximate surface area is 125 Å². The molecule has 1 aliphatic rings. The monoisotopic (exact) mass is 282 g/mol. The average molecular weight is 282 g/mol. The van der Waals surface area contributed by atoms with Gasteiger partial charge in [-0.1, -0.05) is 25.8 Å². The highest BCUT2D eigenvalue weighted by atomic mass is 16.3. The van der Waals surface area contributed by atoms with Crippen molar-refractivity contribution in [3.63, 3.8) is 0 Å². The summed E-state index contributed by atoms with van der Waals surface area (Å²) >= 11 is 0. The third kappa shape index (κ3) is 2.32. The van der Waals surface area contributed by atoms with Crippen molar-refractivity contribution in [2.75, 3.05) is 0 Å². The van der Waals surface area contributed by atoms with Gasteiger partial charge in [-0.05, 0) is 42.7 Å². The first-order valence-corrected chi connectivity index (χ1v) is 7.63. The molecule has 2 aromatic heterocycles. The molecule has 3 rings (SSSR count). The summed E-state index contributed by atoms with van der Waals surface area (Å²) in [6.45, 7) is 4.29. The molecular formula is C18H22N2O. The fraction of sp³-hybridized carbons (Fsp3) is 0.389. The molecule has 0 saturated carbocycles. The Morgan fingerprint density at radius 3 is 3.00 bits per heavy atom. The molecular weight excluding hydrogens is 260 g/mol. The second kappa shape index (κ2) is 5.49. The number of furan rings is 1. The molecule has 110 valence electrons. The minimum Gasteiger partial charge on any atom is -0.469 e. The van der Waals surface area contributed by atoms with Crippen LogP contribution in [0.1, 0.15) is 55.9 Å². The molecule has 0 saturated heterocycles. The number of nitrogens with zero attached hydrogens (tertiary/aromatic N) is 1. The number of aromatic nitrogens is 1. The van der Waals surface area contributed by atoms with E-state index in [4.69, 9.17) is 10.2 Å². The molecule has 3 heteroatoms. The second-order valence-electron chi connectivity index (χ2n) is 5.95. The fourth-order valence-electron chi connectivity index (χ4n) is 3.32. The number of pyridine rings is 1. The van der Waals surface area contributed by atoms with Gasteiger partial charge >= 0.3 is 0 Å².